The van der Waals surface area contributed by atoms with Gasteiger partial charge in [0.15, 0.2) is 0 Å². The van der Waals surface area contributed by atoms with E-state index in [1.54, 1.807) is 6.20 Å². The number of aromatic nitrogens is 2. The van der Waals surface area contributed by atoms with Gasteiger partial charge in [-0.05, 0) is 37.4 Å². The Bertz CT molecular complexity index is 303. The molecule has 1 fully saturated rings. The Kier molecular flexibility index (Phi) is 2.36. The summed E-state index contributed by atoms with van der Waals surface area (Å²) in [5, 5.41) is 0.330. The van der Waals surface area contributed by atoms with E-state index in [1.165, 1.54) is 12.8 Å². The maximum Gasteiger partial charge on any atom is 0.224 e. The molecule has 1 aliphatic rings. The van der Waals surface area contributed by atoms with Gasteiger partial charge < -0.3 is 4.90 Å². The normalized spacial score (nSPS) is 22.3. The SMILES string of the molecule is C[C@@H]1CCCN1c1ccnc(Cl)n1. The monoisotopic (exact) mass is 197 g/mol. The number of hydrogen-bond donors (Lipinski definition) is 0. The van der Waals surface area contributed by atoms with Crippen LogP contribution in [0.1, 0.15) is 19.8 Å². The van der Waals surface area contributed by atoms with E-state index in [9.17, 15) is 0 Å². The maximum atomic E-state index is 5.72. The second-order valence-electron chi connectivity index (χ2n) is 3.37. The molecule has 0 unspecified atom stereocenters. The van der Waals surface area contributed by atoms with Crippen LogP contribution in [0.15, 0.2) is 12.3 Å². The standard InChI is InChI=1S/C9H12ClN3/c1-7-3-2-6-13(7)8-4-5-11-9(10)12-8/h4-5,7H,2-3,6H2,1H3/t7-/m1/s1. The molecule has 0 spiro atoms. The average Bonchev–Trinajstić information content (AvgIpc) is 2.51. The van der Waals surface area contributed by atoms with E-state index >= 15 is 0 Å². The van der Waals surface area contributed by atoms with E-state index in [0.29, 0.717) is 11.3 Å². The summed E-state index contributed by atoms with van der Waals surface area (Å²) in [4.78, 5) is 10.3. The minimum absolute atomic E-state index is 0.330. The number of hydrogen-bond acceptors (Lipinski definition) is 3. The second-order valence-corrected chi connectivity index (χ2v) is 3.71. The van der Waals surface area contributed by atoms with Crippen molar-refractivity contribution in [1.29, 1.82) is 0 Å². The molecule has 0 aliphatic carbocycles. The first-order valence-electron chi connectivity index (χ1n) is 4.52. The second kappa shape index (κ2) is 3.50. The molecule has 3 nitrogen and oxygen atoms in total. The lowest BCUT2D eigenvalue weighted by Gasteiger charge is -2.21. The first-order chi connectivity index (χ1) is 6.27. The lowest BCUT2D eigenvalue weighted by molar-refractivity contribution is 0.726. The van der Waals surface area contributed by atoms with Gasteiger partial charge in [0.2, 0.25) is 5.28 Å². The number of anilines is 1. The molecule has 2 rings (SSSR count). The Morgan fingerprint density at radius 3 is 3.08 bits per heavy atom. The number of rotatable bonds is 1. The summed E-state index contributed by atoms with van der Waals surface area (Å²) in [5.41, 5.74) is 0. The fourth-order valence-electron chi connectivity index (χ4n) is 1.76. The molecular formula is C9H12ClN3. The Morgan fingerprint density at radius 2 is 2.46 bits per heavy atom. The quantitative estimate of drug-likeness (QED) is 0.646. The zero-order valence-corrected chi connectivity index (χ0v) is 8.33. The van der Waals surface area contributed by atoms with Crippen LogP contribution >= 0.6 is 11.6 Å². The number of halogens is 1. The van der Waals surface area contributed by atoms with Crippen molar-refractivity contribution >= 4 is 17.4 Å². The molecule has 70 valence electrons. The van der Waals surface area contributed by atoms with Crippen LogP contribution in [-0.2, 0) is 0 Å². The van der Waals surface area contributed by atoms with E-state index in [0.717, 1.165) is 12.4 Å². The fraction of sp³-hybridized carbons (Fsp3) is 0.556. The molecule has 0 N–H and O–H groups in total. The molecule has 0 amide bonds. The highest BCUT2D eigenvalue weighted by Gasteiger charge is 2.21. The van der Waals surface area contributed by atoms with Gasteiger partial charge in [-0.2, -0.15) is 0 Å². The Labute approximate surface area is 82.8 Å². The number of nitrogens with zero attached hydrogens (tertiary/aromatic N) is 3. The first kappa shape index (κ1) is 8.75. The highest BCUT2D eigenvalue weighted by molar-refractivity contribution is 6.28. The highest BCUT2D eigenvalue weighted by Crippen LogP contribution is 2.23. The topological polar surface area (TPSA) is 29.0 Å². The van der Waals surface area contributed by atoms with Gasteiger partial charge in [0.1, 0.15) is 5.82 Å². The predicted molar refractivity (Wildman–Crippen MR) is 53.1 cm³/mol. The van der Waals surface area contributed by atoms with Crippen LogP contribution in [0.3, 0.4) is 0 Å². The molecule has 2 heterocycles. The Morgan fingerprint density at radius 1 is 1.62 bits per heavy atom. The van der Waals surface area contributed by atoms with Gasteiger partial charge in [0, 0.05) is 18.8 Å². The summed E-state index contributed by atoms with van der Waals surface area (Å²) in [6.45, 7) is 3.29. The van der Waals surface area contributed by atoms with E-state index in [4.69, 9.17) is 11.6 Å². The molecule has 4 heteroatoms. The lowest BCUT2D eigenvalue weighted by atomic mass is 10.2. The van der Waals surface area contributed by atoms with Gasteiger partial charge in [-0.15, -0.1) is 0 Å². The highest BCUT2D eigenvalue weighted by atomic mass is 35.5. The Balaban J connectivity index is 2.24. The molecule has 1 aromatic heterocycles. The zero-order valence-electron chi connectivity index (χ0n) is 7.57. The molecular weight excluding hydrogens is 186 g/mol. The third-order valence-corrected chi connectivity index (χ3v) is 2.64. The average molecular weight is 198 g/mol. The van der Waals surface area contributed by atoms with E-state index in [-0.39, 0.29) is 0 Å². The van der Waals surface area contributed by atoms with Crippen molar-refractivity contribution in [2.24, 2.45) is 0 Å². The van der Waals surface area contributed by atoms with E-state index < -0.39 is 0 Å². The molecule has 1 aromatic rings. The maximum absolute atomic E-state index is 5.72. The van der Waals surface area contributed by atoms with Crippen LogP contribution < -0.4 is 4.90 Å². The van der Waals surface area contributed by atoms with Crippen LogP contribution in [0.5, 0.6) is 0 Å². The van der Waals surface area contributed by atoms with Crippen LogP contribution in [0.4, 0.5) is 5.82 Å². The van der Waals surface area contributed by atoms with Gasteiger partial charge >= 0.3 is 0 Å². The molecule has 1 atom stereocenters. The molecule has 0 aromatic carbocycles. The summed E-state index contributed by atoms with van der Waals surface area (Å²) < 4.78 is 0. The molecule has 13 heavy (non-hydrogen) atoms. The van der Waals surface area contributed by atoms with Crippen LogP contribution in [0, 0.1) is 0 Å². The van der Waals surface area contributed by atoms with Gasteiger partial charge in [-0.1, -0.05) is 0 Å². The molecule has 1 aliphatic heterocycles. The van der Waals surface area contributed by atoms with Crippen molar-refractivity contribution in [2.75, 3.05) is 11.4 Å². The van der Waals surface area contributed by atoms with E-state index in [2.05, 4.69) is 21.8 Å². The van der Waals surface area contributed by atoms with Crippen LogP contribution in [0.2, 0.25) is 5.28 Å². The fourth-order valence-corrected chi connectivity index (χ4v) is 1.90. The van der Waals surface area contributed by atoms with Crippen molar-refractivity contribution in [3.63, 3.8) is 0 Å². The van der Waals surface area contributed by atoms with Crippen LogP contribution in [0.25, 0.3) is 0 Å². The summed E-state index contributed by atoms with van der Waals surface area (Å²) in [7, 11) is 0. The van der Waals surface area contributed by atoms with Crippen molar-refractivity contribution in [3.8, 4) is 0 Å². The molecule has 0 radical (unpaired) electrons. The van der Waals surface area contributed by atoms with Crippen molar-refractivity contribution < 1.29 is 0 Å². The molecule has 1 saturated heterocycles. The molecule has 0 saturated carbocycles. The molecule has 0 bridgehead atoms. The minimum atomic E-state index is 0.330. The lowest BCUT2D eigenvalue weighted by Crippen LogP contribution is -2.27. The zero-order chi connectivity index (χ0) is 9.26. The third-order valence-electron chi connectivity index (χ3n) is 2.46. The summed E-state index contributed by atoms with van der Waals surface area (Å²) in [5.74, 6) is 0.949. The van der Waals surface area contributed by atoms with E-state index in [1.807, 2.05) is 6.07 Å². The van der Waals surface area contributed by atoms with Gasteiger partial charge in [0.25, 0.3) is 0 Å². The van der Waals surface area contributed by atoms with Gasteiger partial charge in [0.05, 0.1) is 0 Å². The summed E-state index contributed by atoms with van der Waals surface area (Å²) >= 11 is 5.72. The van der Waals surface area contributed by atoms with Crippen molar-refractivity contribution in [1.82, 2.24) is 9.97 Å². The first-order valence-corrected chi connectivity index (χ1v) is 4.90. The smallest absolute Gasteiger partial charge is 0.224 e. The van der Waals surface area contributed by atoms with Gasteiger partial charge in [-0.3, -0.25) is 0 Å². The van der Waals surface area contributed by atoms with Crippen molar-refractivity contribution in [3.05, 3.63) is 17.5 Å². The van der Waals surface area contributed by atoms with Gasteiger partial charge in [-0.25, -0.2) is 9.97 Å². The largest absolute Gasteiger partial charge is 0.354 e. The summed E-state index contributed by atoms with van der Waals surface area (Å²) in [6.07, 6.45) is 4.18. The Hall–Kier alpha value is -0.830. The predicted octanol–water partition coefficient (Wildman–Crippen LogP) is 2.12. The minimum Gasteiger partial charge on any atom is -0.354 e. The van der Waals surface area contributed by atoms with Crippen LogP contribution in [-0.4, -0.2) is 22.6 Å². The summed E-state index contributed by atoms with van der Waals surface area (Å²) in [6, 6.07) is 2.49. The third kappa shape index (κ3) is 1.75. The van der Waals surface area contributed by atoms with Crippen molar-refractivity contribution in [2.45, 2.75) is 25.8 Å².